The zero-order valence-corrected chi connectivity index (χ0v) is 9.21. The Bertz CT molecular complexity index is 445. The maximum Gasteiger partial charge on any atom is 0.174 e. The number of fused-ring (bicyclic) bond motifs is 1. The molecule has 0 saturated heterocycles. The number of methoxy groups -OCH3 is 1. The van der Waals surface area contributed by atoms with Gasteiger partial charge in [-0.15, -0.1) is 12.6 Å². The topological polar surface area (TPSA) is 9.23 Å². The van der Waals surface area contributed by atoms with Gasteiger partial charge in [0.1, 0.15) is 0 Å². The fourth-order valence-electron chi connectivity index (χ4n) is 1.39. The van der Waals surface area contributed by atoms with Gasteiger partial charge in [0, 0.05) is 9.60 Å². The Morgan fingerprint density at radius 2 is 2.08 bits per heavy atom. The van der Waals surface area contributed by atoms with Crippen LogP contribution in [0.4, 0.5) is 0 Å². The van der Waals surface area contributed by atoms with Crippen LogP contribution < -0.4 is 4.74 Å². The second-order valence-corrected chi connectivity index (χ2v) is 4.48. The number of rotatable bonds is 1. The van der Waals surface area contributed by atoms with Crippen molar-refractivity contribution in [1.29, 1.82) is 0 Å². The van der Waals surface area contributed by atoms with E-state index in [1.165, 1.54) is 15.6 Å². The van der Waals surface area contributed by atoms with E-state index in [2.05, 4.69) is 31.7 Å². The van der Waals surface area contributed by atoms with E-state index in [9.17, 15) is 0 Å². The highest BCUT2D eigenvalue weighted by molar-refractivity contribution is 7.80. The fourth-order valence-corrected chi connectivity index (χ4v) is 2.64. The minimum Gasteiger partial charge on any atom is -0.487 e. The number of aryl methyl sites for hydroxylation is 1. The normalized spacial score (nSPS) is 10.7. The zero-order chi connectivity index (χ0) is 9.42. The van der Waals surface area contributed by atoms with Crippen molar-refractivity contribution in [2.24, 2.45) is 0 Å². The Morgan fingerprint density at radius 3 is 2.77 bits per heavy atom. The van der Waals surface area contributed by atoms with Gasteiger partial charge >= 0.3 is 0 Å². The SMILES string of the molecule is COc1cc2cc(S)cc(C)c2s1. The first-order valence-corrected chi connectivity index (χ1v) is 5.24. The lowest BCUT2D eigenvalue weighted by molar-refractivity contribution is 0.427. The standard InChI is InChI=1S/C10H10OS2/c1-6-3-8(12)4-7-5-9(11-2)13-10(6)7/h3-5,12H,1-2H3. The second-order valence-electron chi connectivity index (χ2n) is 2.95. The van der Waals surface area contributed by atoms with E-state index in [0.717, 1.165) is 9.96 Å². The molecule has 0 N–H and O–H groups in total. The first kappa shape index (κ1) is 8.91. The quantitative estimate of drug-likeness (QED) is 0.709. The molecule has 13 heavy (non-hydrogen) atoms. The summed E-state index contributed by atoms with van der Waals surface area (Å²) in [6.07, 6.45) is 0. The Balaban J connectivity index is 2.75. The molecule has 1 aromatic carbocycles. The van der Waals surface area contributed by atoms with Crippen LogP contribution in [0, 0.1) is 6.92 Å². The van der Waals surface area contributed by atoms with Crippen molar-refractivity contribution in [3.05, 3.63) is 23.8 Å². The van der Waals surface area contributed by atoms with Gasteiger partial charge in [-0.3, -0.25) is 0 Å². The third kappa shape index (κ3) is 1.54. The third-order valence-corrected chi connectivity index (χ3v) is 3.47. The van der Waals surface area contributed by atoms with Gasteiger partial charge in [0.15, 0.2) is 5.06 Å². The van der Waals surface area contributed by atoms with E-state index >= 15 is 0 Å². The Labute approximate surface area is 86.8 Å². The van der Waals surface area contributed by atoms with Crippen molar-refractivity contribution < 1.29 is 4.74 Å². The molecule has 0 aliphatic carbocycles. The van der Waals surface area contributed by atoms with E-state index in [0.29, 0.717) is 0 Å². The van der Waals surface area contributed by atoms with Crippen LogP contribution in [0.15, 0.2) is 23.1 Å². The highest BCUT2D eigenvalue weighted by atomic mass is 32.1. The molecule has 2 rings (SSSR count). The molecule has 2 aromatic rings. The lowest BCUT2D eigenvalue weighted by atomic mass is 10.2. The number of benzene rings is 1. The molecule has 1 nitrogen and oxygen atoms in total. The molecular weight excluding hydrogens is 200 g/mol. The second kappa shape index (κ2) is 3.24. The molecule has 0 aliphatic rings. The molecule has 0 fully saturated rings. The molecule has 68 valence electrons. The van der Waals surface area contributed by atoms with Gasteiger partial charge < -0.3 is 4.74 Å². The summed E-state index contributed by atoms with van der Waals surface area (Å²) in [6, 6.07) is 6.18. The molecule has 0 aliphatic heterocycles. The van der Waals surface area contributed by atoms with Crippen LogP contribution in [0.5, 0.6) is 5.06 Å². The van der Waals surface area contributed by atoms with Gasteiger partial charge in [-0.25, -0.2) is 0 Å². The summed E-state index contributed by atoms with van der Waals surface area (Å²) in [6.45, 7) is 2.10. The molecular formula is C10H10OS2. The first-order chi connectivity index (χ1) is 6.20. The molecule has 0 atom stereocenters. The number of thiol groups is 1. The van der Waals surface area contributed by atoms with Crippen LogP contribution in [0.2, 0.25) is 0 Å². The van der Waals surface area contributed by atoms with E-state index in [-0.39, 0.29) is 0 Å². The summed E-state index contributed by atoms with van der Waals surface area (Å²) in [5.41, 5.74) is 1.26. The monoisotopic (exact) mass is 210 g/mol. The van der Waals surface area contributed by atoms with Crippen LogP contribution in [-0.2, 0) is 0 Å². The van der Waals surface area contributed by atoms with Gasteiger partial charge in [-0.05, 0) is 36.1 Å². The van der Waals surface area contributed by atoms with Gasteiger partial charge in [0.05, 0.1) is 7.11 Å². The number of hydrogen-bond acceptors (Lipinski definition) is 3. The Hall–Kier alpha value is -0.670. The van der Waals surface area contributed by atoms with E-state index in [1.807, 2.05) is 6.07 Å². The lowest BCUT2D eigenvalue weighted by Gasteiger charge is -1.96. The van der Waals surface area contributed by atoms with Crippen molar-refractivity contribution in [2.75, 3.05) is 7.11 Å². The van der Waals surface area contributed by atoms with Crippen LogP contribution in [-0.4, -0.2) is 7.11 Å². The van der Waals surface area contributed by atoms with Crippen molar-refractivity contribution in [1.82, 2.24) is 0 Å². The van der Waals surface area contributed by atoms with Gasteiger partial charge in [0.2, 0.25) is 0 Å². The third-order valence-electron chi connectivity index (χ3n) is 1.97. The van der Waals surface area contributed by atoms with Gasteiger partial charge in [-0.2, -0.15) is 0 Å². The molecule has 3 heteroatoms. The van der Waals surface area contributed by atoms with Crippen LogP contribution in [0.1, 0.15) is 5.56 Å². The predicted octanol–water partition coefficient (Wildman–Crippen LogP) is 3.51. The van der Waals surface area contributed by atoms with Crippen molar-refractivity contribution in [3.8, 4) is 5.06 Å². The maximum atomic E-state index is 5.19. The number of thiophene rings is 1. The van der Waals surface area contributed by atoms with Crippen molar-refractivity contribution >= 4 is 34.1 Å². The predicted molar refractivity (Wildman–Crippen MR) is 60.4 cm³/mol. The summed E-state index contributed by atoms with van der Waals surface area (Å²) in [7, 11) is 1.70. The van der Waals surface area contributed by atoms with E-state index in [1.54, 1.807) is 18.4 Å². The number of hydrogen-bond donors (Lipinski definition) is 1. The number of ether oxygens (including phenoxy) is 1. The van der Waals surface area contributed by atoms with Gasteiger partial charge in [0.25, 0.3) is 0 Å². The molecule has 1 heterocycles. The molecule has 0 spiro atoms. The average Bonchev–Trinajstić information content (AvgIpc) is 2.47. The summed E-state index contributed by atoms with van der Waals surface area (Å²) < 4.78 is 6.47. The first-order valence-electron chi connectivity index (χ1n) is 3.98. The largest absolute Gasteiger partial charge is 0.487 e. The summed E-state index contributed by atoms with van der Waals surface area (Å²) >= 11 is 6.01. The van der Waals surface area contributed by atoms with Crippen molar-refractivity contribution in [3.63, 3.8) is 0 Å². The smallest absolute Gasteiger partial charge is 0.174 e. The van der Waals surface area contributed by atoms with Crippen LogP contribution in [0.25, 0.3) is 10.1 Å². The van der Waals surface area contributed by atoms with E-state index in [4.69, 9.17) is 4.74 Å². The summed E-state index contributed by atoms with van der Waals surface area (Å²) in [5, 5.41) is 2.17. The van der Waals surface area contributed by atoms with Crippen LogP contribution >= 0.6 is 24.0 Å². The Morgan fingerprint density at radius 1 is 1.31 bits per heavy atom. The summed E-state index contributed by atoms with van der Waals surface area (Å²) in [5.74, 6) is 0. The molecule has 0 amide bonds. The molecule has 0 radical (unpaired) electrons. The van der Waals surface area contributed by atoms with Crippen LogP contribution in [0.3, 0.4) is 0 Å². The highest BCUT2D eigenvalue weighted by Crippen LogP contribution is 2.34. The minimum atomic E-state index is 0.956. The van der Waals surface area contributed by atoms with E-state index < -0.39 is 0 Å². The maximum absolute atomic E-state index is 5.19. The fraction of sp³-hybridized carbons (Fsp3) is 0.200. The molecule has 1 aromatic heterocycles. The Kier molecular flexibility index (Phi) is 2.22. The zero-order valence-electron chi connectivity index (χ0n) is 7.50. The van der Waals surface area contributed by atoms with Crippen molar-refractivity contribution in [2.45, 2.75) is 11.8 Å². The molecule has 0 unspecified atom stereocenters. The lowest BCUT2D eigenvalue weighted by Crippen LogP contribution is -1.73. The highest BCUT2D eigenvalue weighted by Gasteiger charge is 2.04. The summed E-state index contributed by atoms with van der Waals surface area (Å²) in [4.78, 5) is 1.01. The molecule has 0 bridgehead atoms. The van der Waals surface area contributed by atoms with Gasteiger partial charge in [-0.1, -0.05) is 11.3 Å². The minimum absolute atomic E-state index is 0.956. The average molecular weight is 210 g/mol. The molecule has 0 saturated carbocycles.